The topological polar surface area (TPSA) is 62.2 Å². The average molecular weight is 419 g/mol. The predicted molar refractivity (Wildman–Crippen MR) is 107 cm³/mol. The number of hydrazone groups is 1. The molecule has 1 aliphatic carbocycles. The van der Waals surface area contributed by atoms with Gasteiger partial charge in [-0.05, 0) is 63.1 Å². The number of amides is 2. The van der Waals surface area contributed by atoms with Crippen molar-refractivity contribution in [2.75, 3.05) is 13.1 Å². The number of nitrogens with zero attached hydrogens (tertiary/aromatic N) is 3. The van der Waals surface area contributed by atoms with Gasteiger partial charge < -0.3 is 9.64 Å². The maximum Gasteiger partial charge on any atom is 0.410 e. The molecule has 30 heavy (non-hydrogen) atoms. The molecule has 2 fully saturated rings. The van der Waals surface area contributed by atoms with Crippen LogP contribution in [0.3, 0.4) is 0 Å². The lowest BCUT2D eigenvalue weighted by atomic mass is 10.0. The van der Waals surface area contributed by atoms with Crippen LogP contribution < -0.4 is 0 Å². The van der Waals surface area contributed by atoms with E-state index in [2.05, 4.69) is 5.10 Å². The van der Waals surface area contributed by atoms with E-state index < -0.39 is 23.3 Å². The first kappa shape index (κ1) is 20.8. The Morgan fingerprint density at radius 1 is 1.07 bits per heavy atom. The van der Waals surface area contributed by atoms with Gasteiger partial charge in [0.15, 0.2) is 0 Å². The average Bonchev–Trinajstić information content (AvgIpc) is 3.33. The fourth-order valence-electron chi connectivity index (χ4n) is 4.83. The lowest BCUT2D eigenvalue weighted by Gasteiger charge is -2.27. The normalized spacial score (nSPS) is 28.2. The third-order valence-electron chi connectivity index (χ3n) is 6.08. The van der Waals surface area contributed by atoms with Gasteiger partial charge in [-0.1, -0.05) is 0 Å². The summed E-state index contributed by atoms with van der Waals surface area (Å²) in [4.78, 5) is 27.2. The van der Waals surface area contributed by atoms with Gasteiger partial charge in [-0.25, -0.2) is 18.6 Å². The van der Waals surface area contributed by atoms with E-state index in [1.54, 1.807) is 11.1 Å². The molecule has 0 bridgehead atoms. The Morgan fingerprint density at radius 3 is 2.23 bits per heavy atom. The predicted octanol–water partition coefficient (Wildman–Crippen LogP) is 4.12. The third kappa shape index (κ3) is 4.18. The summed E-state index contributed by atoms with van der Waals surface area (Å²) < 4.78 is 32.7. The van der Waals surface area contributed by atoms with Gasteiger partial charge in [0.2, 0.25) is 5.91 Å². The summed E-state index contributed by atoms with van der Waals surface area (Å²) in [5.41, 5.74) is -0.125. The molecule has 2 unspecified atom stereocenters. The summed E-state index contributed by atoms with van der Waals surface area (Å²) in [5.74, 6) is -1.14. The Hall–Kier alpha value is -2.51. The monoisotopic (exact) mass is 419 g/mol. The van der Waals surface area contributed by atoms with Crippen molar-refractivity contribution in [2.24, 2.45) is 22.9 Å². The van der Waals surface area contributed by atoms with Crippen LogP contribution in [0.4, 0.5) is 13.6 Å². The number of hydrogen-bond acceptors (Lipinski definition) is 4. The first-order chi connectivity index (χ1) is 14.1. The molecule has 1 saturated heterocycles. The third-order valence-corrected chi connectivity index (χ3v) is 6.08. The zero-order valence-corrected chi connectivity index (χ0v) is 17.5. The van der Waals surface area contributed by atoms with Gasteiger partial charge in [-0.2, -0.15) is 5.10 Å². The molecule has 3 aliphatic rings. The molecule has 4 atom stereocenters. The van der Waals surface area contributed by atoms with E-state index in [9.17, 15) is 18.4 Å². The lowest BCUT2D eigenvalue weighted by Crippen LogP contribution is -2.37. The highest BCUT2D eigenvalue weighted by atomic mass is 19.1. The fourth-order valence-corrected chi connectivity index (χ4v) is 4.83. The molecule has 0 aromatic heterocycles. The molecule has 2 heterocycles. The van der Waals surface area contributed by atoms with Crippen molar-refractivity contribution in [3.8, 4) is 0 Å². The second-order valence-corrected chi connectivity index (χ2v) is 9.51. The molecule has 8 heteroatoms. The first-order valence-corrected chi connectivity index (χ1v) is 10.4. The van der Waals surface area contributed by atoms with Gasteiger partial charge in [0.25, 0.3) is 0 Å². The fraction of sp³-hybridized carbons (Fsp3) is 0.591. The van der Waals surface area contributed by atoms with E-state index in [4.69, 9.17) is 4.74 Å². The second kappa shape index (κ2) is 7.63. The van der Waals surface area contributed by atoms with Crippen LogP contribution in [0, 0.1) is 29.4 Å². The Kier molecular flexibility index (Phi) is 5.28. The van der Waals surface area contributed by atoms with Crippen molar-refractivity contribution in [3.63, 3.8) is 0 Å². The number of rotatable bonds is 2. The van der Waals surface area contributed by atoms with Gasteiger partial charge in [0, 0.05) is 37.7 Å². The molecular weight excluding hydrogens is 392 g/mol. The summed E-state index contributed by atoms with van der Waals surface area (Å²) in [6.07, 6.45) is 3.10. The van der Waals surface area contributed by atoms with Crippen molar-refractivity contribution < 1.29 is 23.1 Å². The molecular formula is C22H27F2N3O3. The Labute approximate surface area is 174 Å². The van der Waals surface area contributed by atoms with Crippen LogP contribution in [0.15, 0.2) is 23.3 Å². The Morgan fingerprint density at radius 2 is 1.67 bits per heavy atom. The van der Waals surface area contributed by atoms with Crippen LogP contribution in [0.1, 0.15) is 51.6 Å². The van der Waals surface area contributed by atoms with Crippen molar-refractivity contribution in [1.29, 1.82) is 0 Å². The number of ether oxygens (including phenoxy) is 1. The van der Waals surface area contributed by atoms with E-state index in [1.165, 1.54) is 17.1 Å². The minimum absolute atomic E-state index is 0.114. The van der Waals surface area contributed by atoms with E-state index in [0.717, 1.165) is 6.07 Å². The maximum absolute atomic E-state index is 13.6. The van der Waals surface area contributed by atoms with Gasteiger partial charge in [-0.3, -0.25) is 4.79 Å². The first-order valence-electron chi connectivity index (χ1n) is 10.4. The number of halogens is 2. The molecule has 2 aliphatic heterocycles. The zero-order valence-electron chi connectivity index (χ0n) is 17.5. The zero-order chi connectivity index (χ0) is 21.6. The molecule has 6 nitrogen and oxygen atoms in total. The molecule has 1 aromatic carbocycles. The molecule has 4 rings (SSSR count). The molecule has 0 N–H and O–H groups in total. The van der Waals surface area contributed by atoms with Crippen LogP contribution in [0.25, 0.3) is 0 Å². The number of hydrogen-bond donors (Lipinski definition) is 0. The quantitative estimate of drug-likeness (QED) is 0.725. The summed E-state index contributed by atoms with van der Waals surface area (Å²) in [6.45, 7) is 6.70. The number of carbonyl (C=O) groups excluding carboxylic acids is 2. The van der Waals surface area contributed by atoms with Crippen molar-refractivity contribution in [2.45, 2.75) is 51.7 Å². The van der Waals surface area contributed by atoms with E-state index >= 15 is 0 Å². The van der Waals surface area contributed by atoms with Gasteiger partial charge in [0.05, 0.1) is 6.04 Å². The highest BCUT2D eigenvalue weighted by Gasteiger charge is 2.47. The number of carbonyl (C=O) groups is 2. The second-order valence-electron chi connectivity index (χ2n) is 9.51. The van der Waals surface area contributed by atoms with Crippen LogP contribution in [0.5, 0.6) is 0 Å². The number of fused-ring (bicyclic) bond motifs is 1. The smallest absolute Gasteiger partial charge is 0.410 e. The van der Waals surface area contributed by atoms with E-state index in [-0.39, 0.29) is 29.8 Å². The molecule has 1 saturated carbocycles. The van der Waals surface area contributed by atoms with Crippen LogP contribution in [-0.2, 0) is 9.53 Å². The highest BCUT2D eigenvalue weighted by molar-refractivity contribution is 5.82. The maximum atomic E-state index is 13.6. The minimum Gasteiger partial charge on any atom is -0.444 e. The molecule has 2 amide bonds. The van der Waals surface area contributed by atoms with E-state index in [1.807, 2.05) is 20.8 Å². The minimum atomic E-state index is -0.665. The largest absolute Gasteiger partial charge is 0.444 e. The summed E-state index contributed by atoms with van der Waals surface area (Å²) in [6, 6.07) is 2.84. The highest BCUT2D eigenvalue weighted by Crippen LogP contribution is 2.44. The van der Waals surface area contributed by atoms with Crippen molar-refractivity contribution in [3.05, 3.63) is 35.4 Å². The summed E-state index contributed by atoms with van der Waals surface area (Å²) in [7, 11) is 0. The van der Waals surface area contributed by atoms with Crippen molar-refractivity contribution in [1.82, 2.24) is 9.91 Å². The summed E-state index contributed by atoms with van der Waals surface area (Å²) >= 11 is 0. The molecule has 1 aromatic rings. The van der Waals surface area contributed by atoms with Gasteiger partial charge in [0.1, 0.15) is 17.2 Å². The number of likely N-dealkylation sites (tertiary alicyclic amines) is 1. The van der Waals surface area contributed by atoms with Gasteiger partial charge in [-0.15, -0.1) is 0 Å². The van der Waals surface area contributed by atoms with Crippen molar-refractivity contribution >= 4 is 18.2 Å². The van der Waals surface area contributed by atoms with Crippen LogP contribution in [0.2, 0.25) is 0 Å². The van der Waals surface area contributed by atoms with E-state index in [0.29, 0.717) is 37.9 Å². The number of benzene rings is 1. The summed E-state index contributed by atoms with van der Waals surface area (Å²) in [5, 5.41) is 5.58. The Bertz CT molecular complexity index is 849. The molecule has 0 radical (unpaired) electrons. The lowest BCUT2D eigenvalue weighted by molar-refractivity contribution is -0.137. The van der Waals surface area contributed by atoms with Gasteiger partial charge >= 0.3 is 6.09 Å². The standard InChI is InChI=1S/C22H27F2N3O3/c1-22(2,3)30-21(29)26-11-15-6-14(7-16(15)12-26)20(28)27-19(4-5-25-27)13-8-17(23)10-18(24)9-13/h5,8-10,14-16,19H,4,6-7,11-12H2,1-3H3/t14?,15-,16+,19?. The molecule has 0 spiro atoms. The Balaban J connectivity index is 1.39. The van der Waals surface area contributed by atoms with Crippen LogP contribution in [-0.4, -0.2) is 46.8 Å². The SMILES string of the molecule is CC(C)(C)OC(=O)N1C[C@H]2CC(C(=O)N3N=CCC3c3cc(F)cc(F)c3)C[C@H]2C1. The molecule has 162 valence electrons. The van der Waals surface area contributed by atoms with Crippen LogP contribution >= 0.6 is 0 Å².